The van der Waals surface area contributed by atoms with Crippen LogP contribution in [-0.4, -0.2) is 34.6 Å². The maximum Gasteiger partial charge on any atom is 0.267 e. The zero-order valence-corrected chi connectivity index (χ0v) is 8.52. The van der Waals surface area contributed by atoms with Gasteiger partial charge in [0.1, 0.15) is 0 Å². The minimum absolute atomic E-state index is 0.237. The van der Waals surface area contributed by atoms with Crippen LogP contribution >= 0.6 is 12.6 Å². The van der Waals surface area contributed by atoms with Crippen molar-refractivity contribution < 1.29 is 13.6 Å². The number of hydrogen-bond donors (Lipinski definition) is 1. The van der Waals surface area contributed by atoms with Crippen molar-refractivity contribution in [1.82, 2.24) is 4.90 Å². The van der Waals surface area contributed by atoms with Gasteiger partial charge in [-0.1, -0.05) is 0 Å². The Kier molecular flexibility index (Phi) is 2.85. The van der Waals surface area contributed by atoms with Crippen molar-refractivity contribution in [3.8, 4) is 0 Å². The Labute approximate surface area is 81.7 Å². The Balaban J connectivity index is 2.68. The second kappa shape index (κ2) is 3.44. The molecule has 0 aliphatic carbocycles. The topological polar surface area (TPSA) is 20.3 Å². The highest BCUT2D eigenvalue weighted by molar-refractivity contribution is 7.81. The van der Waals surface area contributed by atoms with E-state index in [0.29, 0.717) is 0 Å². The van der Waals surface area contributed by atoms with Gasteiger partial charge in [0, 0.05) is 12.5 Å². The van der Waals surface area contributed by atoms with E-state index in [2.05, 4.69) is 12.6 Å². The van der Waals surface area contributed by atoms with Crippen molar-refractivity contribution in [2.24, 2.45) is 0 Å². The zero-order chi connectivity index (χ0) is 10.2. The molecule has 0 aromatic heterocycles. The second-order valence-corrected chi connectivity index (χ2v) is 4.33. The lowest BCUT2D eigenvalue weighted by molar-refractivity contribution is -0.132. The molecule has 1 amide bonds. The van der Waals surface area contributed by atoms with E-state index in [0.717, 1.165) is 0 Å². The van der Waals surface area contributed by atoms with Gasteiger partial charge in [-0.15, -0.1) is 0 Å². The zero-order valence-electron chi connectivity index (χ0n) is 7.63. The van der Waals surface area contributed by atoms with Crippen LogP contribution in [0.15, 0.2) is 0 Å². The number of halogens is 2. The number of carbonyl (C=O) groups excluding carboxylic acids is 1. The average Bonchev–Trinajstić information content (AvgIpc) is 2.22. The molecule has 0 bridgehead atoms. The molecule has 0 saturated carbocycles. The van der Waals surface area contributed by atoms with E-state index < -0.39 is 17.7 Å². The van der Waals surface area contributed by atoms with Crippen LogP contribution in [0.2, 0.25) is 0 Å². The van der Waals surface area contributed by atoms with Gasteiger partial charge in [-0.05, 0) is 13.8 Å². The summed E-state index contributed by atoms with van der Waals surface area (Å²) in [7, 11) is 0. The number of nitrogens with zero attached hydrogens (tertiary/aromatic N) is 1. The molecule has 1 fully saturated rings. The molecule has 0 N–H and O–H groups in total. The number of carbonyl (C=O) groups is 1. The molecule has 1 saturated heterocycles. The lowest BCUT2D eigenvalue weighted by Crippen LogP contribution is -2.39. The van der Waals surface area contributed by atoms with Crippen LogP contribution in [0, 0.1) is 0 Å². The summed E-state index contributed by atoms with van der Waals surface area (Å²) in [5, 5.41) is -0.503. The van der Waals surface area contributed by atoms with E-state index >= 15 is 0 Å². The van der Waals surface area contributed by atoms with Crippen LogP contribution in [-0.2, 0) is 4.79 Å². The molecule has 1 rings (SSSR count). The first kappa shape index (κ1) is 10.8. The van der Waals surface area contributed by atoms with Crippen molar-refractivity contribution in [2.75, 3.05) is 6.54 Å². The van der Waals surface area contributed by atoms with Gasteiger partial charge in [-0.2, -0.15) is 12.6 Å². The van der Waals surface area contributed by atoms with Crippen LogP contribution < -0.4 is 0 Å². The monoisotopic (exact) mass is 209 g/mol. The Morgan fingerprint density at radius 3 is 2.54 bits per heavy atom. The van der Waals surface area contributed by atoms with Gasteiger partial charge < -0.3 is 4.90 Å². The molecular weight excluding hydrogens is 196 g/mol. The van der Waals surface area contributed by atoms with E-state index in [1.54, 1.807) is 13.8 Å². The molecule has 2 atom stereocenters. The Morgan fingerprint density at radius 1 is 1.69 bits per heavy atom. The van der Waals surface area contributed by atoms with E-state index in [9.17, 15) is 13.6 Å². The SMILES string of the molecule is CC(S)C(=O)N1CC(F)(F)C[C@H]1C. The summed E-state index contributed by atoms with van der Waals surface area (Å²) in [6.07, 6.45) is -0.237. The first-order valence-corrected chi connectivity index (χ1v) is 4.71. The predicted octanol–water partition coefficient (Wildman–Crippen LogP) is 1.56. The molecule has 0 aromatic rings. The molecule has 0 aromatic carbocycles. The average molecular weight is 209 g/mol. The van der Waals surface area contributed by atoms with Gasteiger partial charge in [-0.25, -0.2) is 8.78 Å². The third-order valence-corrected chi connectivity index (χ3v) is 2.39. The largest absolute Gasteiger partial charge is 0.333 e. The highest BCUT2D eigenvalue weighted by Gasteiger charge is 2.45. The van der Waals surface area contributed by atoms with Gasteiger partial charge >= 0.3 is 0 Å². The van der Waals surface area contributed by atoms with Crippen molar-refractivity contribution >= 4 is 18.5 Å². The van der Waals surface area contributed by atoms with Crippen LogP contribution in [0.1, 0.15) is 20.3 Å². The number of rotatable bonds is 1. The molecule has 0 spiro atoms. The summed E-state index contributed by atoms with van der Waals surface area (Å²) >= 11 is 3.93. The lowest BCUT2D eigenvalue weighted by atomic mass is 10.2. The number of likely N-dealkylation sites (tertiary alicyclic amines) is 1. The van der Waals surface area contributed by atoms with Crippen molar-refractivity contribution in [1.29, 1.82) is 0 Å². The quantitative estimate of drug-likeness (QED) is 0.650. The molecule has 2 nitrogen and oxygen atoms in total. The van der Waals surface area contributed by atoms with E-state index in [1.807, 2.05) is 0 Å². The van der Waals surface area contributed by atoms with Gasteiger partial charge in [0.15, 0.2) is 0 Å². The molecule has 1 aliphatic rings. The molecule has 76 valence electrons. The van der Waals surface area contributed by atoms with E-state index in [-0.39, 0.29) is 18.4 Å². The van der Waals surface area contributed by atoms with Gasteiger partial charge in [0.2, 0.25) is 5.91 Å². The normalized spacial score (nSPS) is 29.0. The molecule has 5 heteroatoms. The molecule has 0 radical (unpaired) electrons. The molecule has 1 aliphatic heterocycles. The van der Waals surface area contributed by atoms with Crippen molar-refractivity contribution in [2.45, 2.75) is 37.5 Å². The van der Waals surface area contributed by atoms with Gasteiger partial charge in [0.05, 0.1) is 11.8 Å². The summed E-state index contributed by atoms with van der Waals surface area (Å²) in [6, 6.07) is -0.378. The smallest absolute Gasteiger partial charge is 0.267 e. The third-order valence-electron chi connectivity index (χ3n) is 2.17. The van der Waals surface area contributed by atoms with E-state index in [1.165, 1.54) is 4.90 Å². The van der Waals surface area contributed by atoms with E-state index in [4.69, 9.17) is 0 Å². The number of hydrogen-bond acceptors (Lipinski definition) is 2. The fraction of sp³-hybridized carbons (Fsp3) is 0.875. The standard InChI is InChI=1S/C8H13F2NOS/c1-5-3-8(9,10)4-11(5)7(12)6(2)13/h5-6,13H,3-4H2,1-2H3/t5-,6?/m1/s1. The summed E-state index contributed by atoms with van der Waals surface area (Å²) in [5.74, 6) is -3.04. The highest BCUT2D eigenvalue weighted by atomic mass is 32.1. The summed E-state index contributed by atoms with van der Waals surface area (Å²) in [6.45, 7) is 2.77. The van der Waals surface area contributed by atoms with Crippen LogP contribution in [0.5, 0.6) is 0 Å². The number of thiol groups is 1. The number of amides is 1. The minimum atomic E-state index is -2.72. The minimum Gasteiger partial charge on any atom is -0.333 e. The van der Waals surface area contributed by atoms with Crippen LogP contribution in [0.3, 0.4) is 0 Å². The van der Waals surface area contributed by atoms with Gasteiger partial charge in [-0.3, -0.25) is 4.79 Å². The second-order valence-electron chi connectivity index (χ2n) is 3.55. The first-order valence-electron chi connectivity index (χ1n) is 4.20. The highest BCUT2D eigenvalue weighted by Crippen LogP contribution is 2.32. The Bertz CT molecular complexity index is 220. The first-order chi connectivity index (χ1) is 5.83. The predicted molar refractivity (Wildman–Crippen MR) is 49.2 cm³/mol. The fourth-order valence-electron chi connectivity index (χ4n) is 1.55. The molecule has 13 heavy (non-hydrogen) atoms. The lowest BCUT2D eigenvalue weighted by Gasteiger charge is -2.22. The Morgan fingerprint density at radius 2 is 2.23 bits per heavy atom. The summed E-state index contributed by atoms with van der Waals surface area (Å²) < 4.78 is 25.7. The van der Waals surface area contributed by atoms with Crippen molar-refractivity contribution in [3.05, 3.63) is 0 Å². The molecular formula is C8H13F2NOS. The fourth-order valence-corrected chi connectivity index (χ4v) is 1.70. The van der Waals surface area contributed by atoms with Crippen LogP contribution in [0.4, 0.5) is 8.78 Å². The Hall–Kier alpha value is -0.320. The third kappa shape index (κ3) is 2.33. The van der Waals surface area contributed by atoms with Crippen LogP contribution in [0.25, 0.3) is 0 Å². The molecule has 1 heterocycles. The maximum absolute atomic E-state index is 12.8. The van der Waals surface area contributed by atoms with Crippen molar-refractivity contribution in [3.63, 3.8) is 0 Å². The maximum atomic E-state index is 12.8. The van der Waals surface area contributed by atoms with Gasteiger partial charge in [0.25, 0.3) is 5.92 Å². The summed E-state index contributed by atoms with van der Waals surface area (Å²) in [5.41, 5.74) is 0. The summed E-state index contributed by atoms with van der Waals surface area (Å²) in [4.78, 5) is 12.6. The number of alkyl halides is 2. The molecule has 1 unspecified atom stereocenters.